The molecule has 0 saturated heterocycles. The lowest BCUT2D eigenvalue weighted by Gasteiger charge is -2.10. The van der Waals surface area contributed by atoms with Gasteiger partial charge in [0.2, 0.25) is 0 Å². The van der Waals surface area contributed by atoms with Crippen molar-refractivity contribution >= 4 is 43.9 Å². The third-order valence-corrected chi connectivity index (χ3v) is 8.15. The highest BCUT2D eigenvalue weighted by Crippen LogP contribution is 2.37. The molecule has 5 nitrogen and oxygen atoms in total. The van der Waals surface area contributed by atoms with E-state index in [2.05, 4.69) is 54.6 Å². The van der Waals surface area contributed by atoms with Crippen molar-refractivity contribution < 1.29 is 8.83 Å². The number of furan rings is 2. The Balaban J connectivity index is 1.27. The number of hydrogen-bond acceptors (Lipinski definition) is 5. The van der Waals surface area contributed by atoms with E-state index in [-0.39, 0.29) is 0 Å². The molecule has 3 heterocycles. The molecular formula is C39H23N3O2. The molecule has 9 aromatic rings. The van der Waals surface area contributed by atoms with Gasteiger partial charge < -0.3 is 8.83 Å². The summed E-state index contributed by atoms with van der Waals surface area (Å²) < 4.78 is 12.6. The standard InChI is InChI=1S/C39H23N3O2/c1-2-10-24(11-3-1)25-12-8-13-26(22-25)37-40-38(27-20-21-30-28-14-4-6-18-33(28)43-35(30)23-27)42-39(41-37)32-17-9-16-31-29-15-5-7-19-34(29)44-36(31)32/h1-23H. The quantitative estimate of drug-likeness (QED) is 0.212. The van der Waals surface area contributed by atoms with Crippen LogP contribution in [0, 0.1) is 0 Å². The largest absolute Gasteiger partial charge is 0.456 e. The summed E-state index contributed by atoms with van der Waals surface area (Å²) in [6.07, 6.45) is 0. The van der Waals surface area contributed by atoms with Crippen molar-refractivity contribution in [1.29, 1.82) is 0 Å². The Morgan fingerprint density at radius 1 is 0.341 bits per heavy atom. The van der Waals surface area contributed by atoms with Gasteiger partial charge in [0, 0.05) is 32.7 Å². The molecule has 0 amide bonds. The average Bonchev–Trinajstić information content (AvgIpc) is 3.66. The summed E-state index contributed by atoms with van der Waals surface area (Å²) in [5, 5.41) is 4.22. The molecule has 9 rings (SSSR count). The van der Waals surface area contributed by atoms with E-state index in [0.717, 1.165) is 71.7 Å². The molecule has 44 heavy (non-hydrogen) atoms. The van der Waals surface area contributed by atoms with Crippen LogP contribution in [0.2, 0.25) is 0 Å². The SMILES string of the molecule is c1ccc(-c2cccc(-c3nc(-c4ccc5c(c4)oc4ccccc45)nc(-c4cccc5c4oc4ccccc45)n3)c2)cc1. The molecule has 0 N–H and O–H groups in total. The van der Waals surface area contributed by atoms with Gasteiger partial charge in [-0.1, -0.05) is 103 Å². The first-order chi connectivity index (χ1) is 21.8. The summed E-state index contributed by atoms with van der Waals surface area (Å²) in [5.41, 5.74) is 8.01. The summed E-state index contributed by atoms with van der Waals surface area (Å²) in [6, 6.07) is 47.0. The highest BCUT2D eigenvalue weighted by atomic mass is 16.3. The zero-order valence-electron chi connectivity index (χ0n) is 23.4. The van der Waals surface area contributed by atoms with Crippen LogP contribution in [0.3, 0.4) is 0 Å². The maximum atomic E-state index is 6.38. The molecule has 0 unspecified atom stereocenters. The molecule has 5 heteroatoms. The summed E-state index contributed by atoms with van der Waals surface area (Å²) in [4.78, 5) is 15.1. The molecule has 3 aromatic heterocycles. The minimum Gasteiger partial charge on any atom is -0.456 e. The Kier molecular flexibility index (Phi) is 5.43. The Labute approximate surface area is 252 Å². The third-order valence-electron chi connectivity index (χ3n) is 8.15. The van der Waals surface area contributed by atoms with E-state index in [1.807, 2.05) is 84.9 Å². The van der Waals surface area contributed by atoms with Gasteiger partial charge in [-0.15, -0.1) is 0 Å². The minimum absolute atomic E-state index is 0.546. The fraction of sp³-hybridized carbons (Fsp3) is 0. The molecular weight excluding hydrogens is 542 g/mol. The van der Waals surface area contributed by atoms with Crippen LogP contribution >= 0.6 is 0 Å². The van der Waals surface area contributed by atoms with Gasteiger partial charge >= 0.3 is 0 Å². The number of aromatic nitrogens is 3. The van der Waals surface area contributed by atoms with Crippen LogP contribution in [-0.4, -0.2) is 15.0 Å². The van der Waals surface area contributed by atoms with E-state index in [0.29, 0.717) is 17.5 Å². The van der Waals surface area contributed by atoms with Crippen LogP contribution < -0.4 is 0 Å². The number of benzene rings is 6. The summed E-state index contributed by atoms with van der Waals surface area (Å²) in [6.45, 7) is 0. The molecule has 0 fully saturated rings. The van der Waals surface area contributed by atoms with E-state index < -0.39 is 0 Å². The maximum absolute atomic E-state index is 6.38. The zero-order chi connectivity index (χ0) is 29.0. The van der Waals surface area contributed by atoms with Gasteiger partial charge in [-0.3, -0.25) is 0 Å². The van der Waals surface area contributed by atoms with E-state index in [1.165, 1.54) is 0 Å². The molecule has 0 aliphatic heterocycles. The summed E-state index contributed by atoms with van der Waals surface area (Å²) in [5.74, 6) is 1.69. The maximum Gasteiger partial charge on any atom is 0.167 e. The minimum atomic E-state index is 0.546. The topological polar surface area (TPSA) is 65.0 Å². The van der Waals surface area contributed by atoms with Crippen molar-refractivity contribution in [2.75, 3.05) is 0 Å². The van der Waals surface area contributed by atoms with Gasteiger partial charge in [0.25, 0.3) is 0 Å². The fourth-order valence-electron chi connectivity index (χ4n) is 6.01. The number of nitrogens with zero attached hydrogens (tertiary/aromatic N) is 3. The van der Waals surface area contributed by atoms with Crippen LogP contribution in [0.5, 0.6) is 0 Å². The van der Waals surface area contributed by atoms with Crippen molar-refractivity contribution in [1.82, 2.24) is 15.0 Å². The summed E-state index contributed by atoms with van der Waals surface area (Å²) in [7, 11) is 0. The van der Waals surface area contributed by atoms with Crippen LogP contribution in [0.4, 0.5) is 0 Å². The number of hydrogen-bond donors (Lipinski definition) is 0. The molecule has 0 bridgehead atoms. The molecule has 206 valence electrons. The van der Waals surface area contributed by atoms with Crippen molar-refractivity contribution in [2.24, 2.45) is 0 Å². The van der Waals surface area contributed by atoms with Gasteiger partial charge in [-0.25, -0.2) is 15.0 Å². The van der Waals surface area contributed by atoms with Gasteiger partial charge in [0.1, 0.15) is 22.3 Å². The first-order valence-electron chi connectivity index (χ1n) is 14.5. The lowest BCUT2D eigenvalue weighted by atomic mass is 10.0. The lowest BCUT2D eigenvalue weighted by molar-refractivity contribution is 0.668. The van der Waals surface area contributed by atoms with Crippen LogP contribution in [0.25, 0.3) is 89.2 Å². The smallest absolute Gasteiger partial charge is 0.167 e. The van der Waals surface area contributed by atoms with Crippen LogP contribution in [-0.2, 0) is 0 Å². The predicted octanol–water partition coefficient (Wildman–Crippen LogP) is 10.3. The molecule has 0 atom stereocenters. The molecule has 0 aliphatic carbocycles. The summed E-state index contributed by atoms with van der Waals surface area (Å²) >= 11 is 0. The van der Waals surface area contributed by atoms with Crippen LogP contribution in [0.15, 0.2) is 148 Å². The van der Waals surface area contributed by atoms with E-state index >= 15 is 0 Å². The average molecular weight is 566 g/mol. The second-order valence-corrected chi connectivity index (χ2v) is 10.8. The molecule has 0 saturated carbocycles. The second-order valence-electron chi connectivity index (χ2n) is 10.8. The number of fused-ring (bicyclic) bond motifs is 6. The van der Waals surface area contributed by atoms with Crippen LogP contribution in [0.1, 0.15) is 0 Å². The van der Waals surface area contributed by atoms with Crippen molar-refractivity contribution in [3.63, 3.8) is 0 Å². The van der Waals surface area contributed by atoms with Crippen molar-refractivity contribution in [3.8, 4) is 45.3 Å². The first kappa shape index (κ1) is 24.5. The van der Waals surface area contributed by atoms with Crippen molar-refractivity contribution in [3.05, 3.63) is 140 Å². The first-order valence-corrected chi connectivity index (χ1v) is 14.5. The Morgan fingerprint density at radius 3 is 1.73 bits per heavy atom. The van der Waals surface area contributed by atoms with E-state index in [1.54, 1.807) is 0 Å². The van der Waals surface area contributed by atoms with Crippen molar-refractivity contribution in [2.45, 2.75) is 0 Å². The van der Waals surface area contributed by atoms with Gasteiger partial charge in [-0.2, -0.15) is 0 Å². The number of para-hydroxylation sites is 3. The van der Waals surface area contributed by atoms with E-state index in [4.69, 9.17) is 23.8 Å². The molecule has 0 spiro atoms. The predicted molar refractivity (Wildman–Crippen MR) is 176 cm³/mol. The molecule has 0 aliphatic rings. The highest BCUT2D eigenvalue weighted by molar-refractivity contribution is 6.09. The Morgan fingerprint density at radius 2 is 0.909 bits per heavy atom. The lowest BCUT2D eigenvalue weighted by Crippen LogP contribution is -2.00. The fourth-order valence-corrected chi connectivity index (χ4v) is 6.01. The third kappa shape index (κ3) is 3.98. The monoisotopic (exact) mass is 565 g/mol. The van der Waals surface area contributed by atoms with Gasteiger partial charge in [0.15, 0.2) is 17.5 Å². The second kappa shape index (κ2) is 9.75. The van der Waals surface area contributed by atoms with E-state index in [9.17, 15) is 0 Å². The number of rotatable bonds is 4. The Bertz CT molecular complexity index is 2510. The molecule has 6 aromatic carbocycles. The Hall–Kier alpha value is -6.07. The normalized spacial score (nSPS) is 11.6. The molecule has 0 radical (unpaired) electrons. The highest BCUT2D eigenvalue weighted by Gasteiger charge is 2.18. The van der Waals surface area contributed by atoms with Gasteiger partial charge in [-0.05, 0) is 47.5 Å². The van der Waals surface area contributed by atoms with Gasteiger partial charge in [0.05, 0.1) is 5.56 Å². The zero-order valence-corrected chi connectivity index (χ0v) is 23.4.